The monoisotopic (exact) mass is 454 g/mol. The molecule has 0 unspecified atom stereocenters. The largest absolute Gasteiger partial charge is 0.383 e. The molecule has 30 heavy (non-hydrogen) atoms. The molecule has 0 radical (unpaired) electrons. The van der Waals surface area contributed by atoms with E-state index in [1.807, 2.05) is 43.8 Å². The number of amides is 3. The number of ether oxygens (including phenoxy) is 1. The van der Waals surface area contributed by atoms with Crippen molar-refractivity contribution in [3.05, 3.63) is 52.3 Å². The number of hydrogen-bond donors (Lipinski definition) is 1. The maximum absolute atomic E-state index is 13.1. The third-order valence-corrected chi connectivity index (χ3v) is 5.23. The van der Waals surface area contributed by atoms with E-state index in [2.05, 4.69) is 5.32 Å². The van der Waals surface area contributed by atoms with Crippen molar-refractivity contribution in [3.8, 4) is 0 Å². The Morgan fingerprint density at radius 3 is 2.53 bits per heavy atom. The molecular weight excluding hydrogens is 427 g/mol. The number of carbonyl (C=O) groups is 2. The highest BCUT2D eigenvalue weighted by Crippen LogP contribution is 2.25. The molecule has 9 heteroatoms. The second kappa shape index (κ2) is 11.2. The molecule has 0 atom stereocenters. The van der Waals surface area contributed by atoms with Crippen LogP contribution in [0.5, 0.6) is 0 Å². The molecule has 0 fully saturated rings. The third-order valence-electron chi connectivity index (χ3n) is 4.68. The van der Waals surface area contributed by atoms with Gasteiger partial charge in [0.2, 0.25) is 5.91 Å². The molecule has 1 heterocycles. The highest BCUT2D eigenvalue weighted by atomic mass is 35.5. The first kappa shape index (κ1) is 24.1. The zero-order chi connectivity index (χ0) is 22.3. The van der Waals surface area contributed by atoms with Crippen LogP contribution >= 0.6 is 23.2 Å². The average molecular weight is 455 g/mol. The lowest BCUT2D eigenvalue weighted by molar-refractivity contribution is -0.133. The summed E-state index contributed by atoms with van der Waals surface area (Å²) in [5.41, 5.74) is 1.43. The molecule has 0 aliphatic carbocycles. The quantitative estimate of drug-likeness (QED) is 0.615. The van der Waals surface area contributed by atoms with E-state index in [9.17, 15) is 9.59 Å². The van der Waals surface area contributed by atoms with Gasteiger partial charge >= 0.3 is 6.03 Å². The fraction of sp³-hybridized carbons (Fsp3) is 0.429. The third kappa shape index (κ3) is 6.65. The fourth-order valence-corrected chi connectivity index (χ4v) is 3.32. The maximum atomic E-state index is 13.1. The standard InChI is InChI=1S/C21H28Cl2N4O3/c1-15(2)27(21(29)24-19-8-7-16(22)12-18(19)23)14-20(28)26(10-11-30-4)13-17-6-5-9-25(17)3/h5-9,12,15H,10-11,13-14H2,1-4H3,(H,24,29). The van der Waals surface area contributed by atoms with Crippen molar-refractivity contribution in [1.29, 1.82) is 0 Å². The van der Waals surface area contributed by atoms with Gasteiger partial charge < -0.3 is 24.4 Å². The Kier molecular flexibility index (Phi) is 9.02. The summed E-state index contributed by atoms with van der Waals surface area (Å²) in [5, 5.41) is 3.56. The van der Waals surface area contributed by atoms with Crippen LogP contribution in [0.2, 0.25) is 10.0 Å². The number of anilines is 1. The molecule has 0 aliphatic rings. The average Bonchev–Trinajstić information content (AvgIpc) is 3.09. The zero-order valence-corrected chi connectivity index (χ0v) is 19.2. The highest BCUT2D eigenvalue weighted by molar-refractivity contribution is 6.36. The van der Waals surface area contributed by atoms with Crippen LogP contribution in [0.25, 0.3) is 0 Å². The lowest BCUT2D eigenvalue weighted by Gasteiger charge is -2.30. The summed E-state index contributed by atoms with van der Waals surface area (Å²) in [4.78, 5) is 29.1. The summed E-state index contributed by atoms with van der Waals surface area (Å²) in [6, 6.07) is 8.10. The Morgan fingerprint density at radius 1 is 1.23 bits per heavy atom. The summed E-state index contributed by atoms with van der Waals surface area (Å²) in [6.07, 6.45) is 1.93. The maximum Gasteiger partial charge on any atom is 0.322 e. The van der Waals surface area contributed by atoms with Gasteiger partial charge in [-0.1, -0.05) is 23.2 Å². The van der Waals surface area contributed by atoms with Crippen molar-refractivity contribution >= 4 is 40.8 Å². The summed E-state index contributed by atoms with van der Waals surface area (Å²) >= 11 is 12.1. The van der Waals surface area contributed by atoms with Crippen LogP contribution in [-0.2, 0) is 23.1 Å². The van der Waals surface area contributed by atoms with Crippen molar-refractivity contribution in [1.82, 2.24) is 14.4 Å². The van der Waals surface area contributed by atoms with Crippen LogP contribution in [0.4, 0.5) is 10.5 Å². The van der Waals surface area contributed by atoms with Gasteiger partial charge in [-0.15, -0.1) is 0 Å². The van der Waals surface area contributed by atoms with Gasteiger partial charge in [-0.2, -0.15) is 0 Å². The number of aromatic nitrogens is 1. The van der Waals surface area contributed by atoms with Crippen LogP contribution in [0.3, 0.4) is 0 Å². The van der Waals surface area contributed by atoms with Crippen molar-refractivity contribution in [2.24, 2.45) is 7.05 Å². The summed E-state index contributed by atoms with van der Waals surface area (Å²) in [6.45, 7) is 4.91. The van der Waals surface area contributed by atoms with E-state index < -0.39 is 6.03 Å². The molecule has 0 bridgehead atoms. The number of methoxy groups -OCH3 is 1. The van der Waals surface area contributed by atoms with Crippen molar-refractivity contribution in [2.75, 3.05) is 32.1 Å². The topological polar surface area (TPSA) is 66.8 Å². The first-order valence-corrected chi connectivity index (χ1v) is 10.4. The second-order valence-electron chi connectivity index (χ2n) is 7.19. The van der Waals surface area contributed by atoms with Crippen LogP contribution in [-0.4, -0.2) is 59.2 Å². The smallest absolute Gasteiger partial charge is 0.322 e. The molecule has 0 aliphatic heterocycles. The molecule has 0 spiro atoms. The molecule has 7 nitrogen and oxygen atoms in total. The highest BCUT2D eigenvalue weighted by Gasteiger charge is 2.24. The van der Waals surface area contributed by atoms with E-state index in [0.29, 0.717) is 35.4 Å². The number of rotatable bonds is 9. The number of nitrogens with zero attached hydrogens (tertiary/aromatic N) is 3. The van der Waals surface area contributed by atoms with Gasteiger partial charge in [0.25, 0.3) is 0 Å². The molecule has 1 aromatic carbocycles. The Balaban J connectivity index is 2.12. The van der Waals surface area contributed by atoms with Crippen molar-refractivity contribution in [2.45, 2.75) is 26.4 Å². The molecule has 164 valence electrons. The van der Waals surface area contributed by atoms with E-state index in [-0.39, 0.29) is 18.5 Å². The van der Waals surface area contributed by atoms with Crippen molar-refractivity contribution < 1.29 is 14.3 Å². The van der Waals surface area contributed by atoms with E-state index >= 15 is 0 Å². The summed E-state index contributed by atoms with van der Waals surface area (Å²) in [7, 11) is 3.52. The molecule has 2 rings (SSSR count). The first-order valence-electron chi connectivity index (χ1n) is 9.62. The van der Waals surface area contributed by atoms with Gasteiger partial charge in [0, 0.05) is 43.7 Å². The molecule has 1 N–H and O–H groups in total. The summed E-state index contributed by atoms with van der Waals surface area (Å²) in [5.74, 6) is -0.167. The molecule has 0 saturated heterocycles. The number of aryl methyl sites for hydroxylation is 1. The van der Waals surface area contributed by atoms with Crippen LogP contribution in [0, 0.1) is 0 Å². The number of hydrogen-bond acceptors (Lipinski definition) is 3. The Bertz CT molecular complexity index is 870. The van der Waals surface area contributed by atoms with Gasteiger partial charge in [0.1, 0.15) is 6.54 Å². The van der Waals surface area contributed by atoms with Crippen LogP contribution in [0.1, 0.15) is 19.5 Å². The molecular formula is C21H28Cl2N4O3. The second-order valence-corrected chi connectivity index (χ2v) is 8.04. The minimum atomic E-state index is -0.409. The Hall–Kier alpha value is -2.22. The van der Waals surface area contributed by atoms with Gasteiger partial charge in [-0.25, -0.2) is 4.79 Å². The zero-order valence-electron chi connectivity index (χ0n) is 17.7. The molecule has 1 aromatic heterocycles. The number of halogens is 2. The van der Waals surface area contributed by atoms with Gasteiger partial charge in [0.05, 0.1) is 23.9 Å². The van der Waals surface area contributed by atoms with Crippen LogP contribution in [0.15, 0.2) is 36.5 Å². The van der Waals surface area contributed by atoms with Gasteiger partial charge in [-0.3, -0.25) is 4.79 Å². The molecule has 3 amide bonds. The van der Waals surface area contributed by atoms with E-state index in [1.54, 1.807) is 30.2 Å². The lowest BCUT2D eigenvalue weighted by atomic mass is 10.3. The Morgan fingerprint density at radius 2 is 1.97 bits per heavy atom. The van der Waals surface area contributed by atoms with Crippen molar-refractivity contribution in [3.63, 3.8) is 0 Å². The fourth-order valence-electron chi connectivity index (χ4n) is 2.86. The normalized spacial score (nSPS) is 10.9. The SMILES string of the molecule is COCCN(Cc1cccn1C)C(=O)CN(C(=O)Nc1ccc(Cl)cc1Cl)C(C)C. The minimum Gasteiger partial charge on any atom is -0.383 e. The molecule has 0 saturated carbocycles. The van der Waals surface area contributed by atoms with Crippen LogP contribution < -0.4 is 5.32 Å². The van der Waals surface area contributed by atoms with E-state index in [4.69, 9.17) is 27.9 Å². The number of benzene rings is 1. The van der Waals surface area contributed by atoms with Gasteiger partial charge in [0.15, 0.2) is 0 Å². The lowest BCUT2D eigenvalue weighted by Crippen LogP contribution is -2.48. The summed E-state index contributed by atoms with van der Waals surface area (Å²) < 4.78 is 7.12. The van der Waals surface area contributed by atoms with E-state index in [1.165, 1.54) is 4.90 Å². The number of carbonyl (C=O) groups excluding carboxylic acids is 2. The predicted molar refractivity (Wildman–Crippen MR) is 120 cm³/mol. The van der Waals surface area contributed by atoms with Gasteiger partial charge in [-0.05, 0) is 44.2 Å². The predicted octanol–water partition coefficient (Wildman–Crippen LogP) is 4.25. The number of urea groups is 1. The minimum absolute atomic E-state index is 0.0666. The first-order chi connectivity index (χ1) is 14.2. The van der Waals surface area contributed by atoms with E-state index in [0.717, 1.165) is 5.69 Å². The Labute approximate surface area is 187 Å². The number of nitrogens with one attached hydrogen (secondary N) is 1. The molecule has 2 aromatic rings.